The molecule has 1 aliphatic rings. The number of piperazine rings is 1. The van der Waals surface area contributed by atoms with Gasteiger partial charge in [0.25, 0.3) is 0 Å². The molecule has 1 rings (SSSR count). The number of nitrogens with one attached hydrogen (secondary N) is 1. The van der Waals surface area contributed by atoms with E-state index in [1.54, 1.807) is 0 Å². The number of nitrogens with zero attached hydrogens (tertiary/aromatic N) is 2. The highest BCUT2D eigenvalue weighted by Gasteiger charge is 2.23. The zero-order valence-corrected chi connectivity index (χ0v) is 12.3. The molecule has 0 saturated carbocycles. The van der Waals surface area contributed by atoms with Gasteiger partial charge >= 0.3 is 0 Å². The summed E-state index contributed by atoms with van der Waals surface area (Å²) in [7, 11) is 0. The molecular formula is C12H25N3OS. The second kappa shape index (κ2) is 6.07. The van der Waals surface area contributed by atoms with Crippen molar-refractivity contribution in [1.29, 1.82) is 0 Å². The molecule has 0 radical (unpaired) electrons. The number of carbonyl (C=O) groups is 1. The van der Waals surface area contributed by atoms with E-state index in [-0.39, 0.29) is 16.8 Å². The van der Waals surface area contributed by atoms with Crippen molar-refractivity contribution >= 4 is 18.5 Å². The largest absolute Gasteiger partial charge is 0.339 e. The van der Waals surface area contributed by atoms with Crippen LogP contribution in [0.3, 0.4) is 0 Å². The summed E-state index contributed by atoms with van der Waals surface area (Å²) < 4.78 is 0. The van der Waals surface area contributed by atoms with Gasteiger partial charge in [-0.1, -0.05) is 0 Å². The molecule has 1 fully saturated rings. The number of carbonyl (C=O) groups excluding carboxylic acids is 1. The molecule has 0 bridgehead atoms. The van der Waals surface area contributed by atoms with Crippen LogP contribution in [0.2, 0.25) is 0 Å². The van der Waals surface area contributed by atoms with Crippen LogP contribution in [-0.2, 0) is 4.79 Å². The van der Waals surface area contributed by atoms with E-state index in [1.165, 1.54) is 0 Å². The predicted molar refractivity (Wildman–Crippen MR) is 74.4 cm³/mol. The maximum Gasteiger partial charge on any atom is 0.236 e. The van der Waals surface area contributed by atoms with Crippen LogP contribution in [0.15, 0.2) is 0 Å². The molecule has 0 aromatic carbocycles. The fourth-order valence-corrected chi connectivity index (χ4v) is 2.03. The van der Waals surface area contributed by atoms with E-state index in [9.17, 15) is 4.79 Å². The first-order valence-corrected chi connectivity index (χ1v) is 6.76. The summed E-state index contributed by atoms with van der Waals surface area (Å²) in [6.07, 6.45) is 0. The standard InChI is InChI=1S/C12H25N3OS/c1-10(17)14-5-7-15(8-6-14)11(16)9-13-12(2,3)4/h10,13,17H,5-9H2,1-4H3. The monoisotopic (exact) mass is 259 g/mol. The number of hydrogen-bond acceptors (Lipinski definition) is 4. The third-order valence-corrected chi connectivity index (χ3v) is 3.29. The molecule has 0 aromatic rings. The van der Waals surface area contributed by atoms with E-state index in [0.717, 1.165) is 26.2 Å². The Morgan fingerprint density at radius 1 is 1.29 bits per heavy atom. The highest BCUT2D eigenvalue weighted by atomic mass is 32.1. The lowest BCUT2D eigenvalue weighted by atomic mass is 10.1. The van der Waals surface area contributed by atoms with Crippen molar-refractivity contribution in [3.05, 3.63) is 0 Å². The molecule has 1 saturated heterocycles. The minimum atomic E-state index is -0.00288. The average molecular weight is 259 g/mol. The Morgan fingerprint density at radius 3 is 2.24 bits per heavy atom. The van der Waals surface area contributed by atoms with Crippen LogP contribution in [0.25, 0.3) is 0 Å². The Hall–Kier alpha value is -0.260. The fraction of sp³-hybridized carbons (Fsp3) is 0.917. The van der Waals surface area contributed by atoms with Gasteiger partial charge < -0.3 is 10.2 Å². The van der Waals surface area contributed by atoms with Gasteiger partial charge in [0.15, 0.2) is 0 Å². The highest BCUT2D eigenvalue weighted by Crippen LogP contribution is 2.08. The van der Waals surface area contributed by atoms with Crippen molar-refractivity contribution in [2.75, 3.05) is 32.7 Å². The summed E-state index contributed by atoms with van der Waals surface area (Å²) >= 11 is 4.41. The van der Waals surface area contributed by atoms with Crippen LogP contribution in [0.4, 0.5) is 0 Å². The van der Waals surface area contributed by atoms with Crippen molar-refractivity contribution in [2.24, 2.45) is 0 Å². The third kappa shape index (κ3) is 5.27. The molecule has 100 valence electrons. The summed E-state index contributed by atoms with van der Waals surface area (Å²) in [6, 6.07) is 0. The lowest BCUT2D eigenvalue weighted by molar-refractivity contribution is -0.132. The van der Waals surface area contributed by atoms with E-state index < -0.39 is 0 Å². The number of thiol groups is 1. The molecule has 1 atom stereocenters. The molecule has 4 nitrogen and oxygen atoms in total. The quantitative estimate of drug-likeness (QED) is 0.736. The molecule has 1 aliphatic heterocycles. The van der Waals surface area contributed by atoms with Gasteiger partial charge in [0, 0.05) is 31.7 Å². The molecule has 0 aromatic heterocycles. The number of hydrogen-bond donors (Lipinski definition) is 2. The van der Waals surface area contributed by atoms with Gasteiger partial charge in [0.1, 0.15) is 0 Å². The van der Waals surface area contributed by atoms with Crippen molar-refractivity contribution in [1.82, 2.24) is 15.1 Å². The van der Waals surface area contributed by atoms with Crippen LogP contribution in [0.5, 0.6) is 0 Å². The predicted octanol–water partition coefficient (Wildman–Crippen LogP) is 0.794. The van der Waals surface area contributed by atoms with Crippen molar-refractivity contribution in [3.8, 4) is 0 Å². The highest BCUT2D eigenvalue weighted by molar-refractivity contribution is 7.80. The summed E-state index contributed by atoms with van der Waals surface area (Å²) in [4.78, 5) is 16.2. The zero-order chi connectivity index (χ0) is 13.1. The van der Waals surface area contributed by atoms with Gasteiger partial charge in [-0.15, -0.1) is 0 Å². The summed E-state index contributed by atoms with van der Waals surface area (Å²) in [5.74, 6) is 0.200. The lowest BCUT2D eigenvalue weighted by Crippen LogP contribution is -2.53. The van der Waals surface area contributed by atoms with Crippen molar-refractivity contribution in [2.45, 2.75) is 38.6 Å². The van der Waals surface area contributed by atoms with Gasteiger partial charge in [0.05, 0.1) is 11.9 Å². The maximum atomic E-state index is 11.9. The number of amides is 1. The Kier molecular flexibility index (Phi) is 5.28. The topological polar surface area (TPSA) is 35.6 Å². The third-order valence-electron chi connectivity index (χ3n) is 2.97. The molecule has 5 heteroatoms. The van der Waals surface area contributed by atoms with Crippen molar-refractivity contribution in [3.63, 3.8) is 0 Å². The first-order chi connectivity index (χ1) is 7.79. The first-order valence-electron chi connectivity index (χ1n) is 6.24. The molecule has 1 amide bonds. The second-order valence-corrected chi connectivity index (χ2v) is 6.40. The summed E-state index contributed by atoms with van der Waals surface area (Å²) in [6.45, 7) is 12.2. The van der Waals surface area contributed by atoms with Gasteiger partial charge in [-0.2, -0.15) is 12.6 Å². The maximum absolute atomic E-state index is 11.9. The first kappa shape index (κ1) is 14.8. The Morgan fingerprint density at radius 2 is 1.82 bits per heavy atom. The summed E-state index contributed by atoms with van der Waals surface area (Å²) in [5.41, 5.74) is -0.00288. The summed E-state index contributed by atoms with van der Waals surface area (Å²) in [5, 5.41) is 3.51. The lowest BCUT2D eigenvalue weighted by Gasteiger charge is -2.37. The van der Waals surface area contributed by atoms with Crippen LogP contribution >= 0.6 is 12.6 Å². The van der Waals surface area contributed by atoms with E-state index in [2.05, 4.69) is 50.5 Å². The number of rotatable bonds is 3. The SMILES string of the molecule is CC(S)N1CCN(C(=O)CNC(C)(C)C)CC1. The Labute approximate surface area is 110 Å². The normalized spacial score (nSPS) is 20.4. The second-order valence-electron chi connectivity index (χ2n) is 5.65. The van der Waals surface area contributed by atoms with Crippen molar-refractivity contribution < 1.29 is 4.79 Å². The minimum absolute atomic E-state index is 0.00288. The van der Waals surface area contributed by atoms with E-state index in [4.69, 9.17) is 0 Å². The van der Waals surface area contributed by atoms with Crippen LogP contribution in [0.1, 0.15) is 27.7 Å². The van der Waals surface area contributed by atoms with Crippen LogP contribution in [0, 0.1) is 0 Å². The van der Waals surface area contributed by atoms with Gasteiger partial charge in [0.2, 0.25) is 5.91 Å². The van der Waals surface area contributed by atoms with E-state index >= 15 is 0 Å². The smallest absolute Gasteiger partial charge is 0.236 e. The van der Waals surface area contributed by atoms with E-state index in [1.807, 2.05) is 4.90 Å². The van der Waals surface area contributed by atoms with Gasteiger partial charge in [-0.05, 0) is 27.7 Å². The van der Waals surface area contributed by atoms with Crippen LogP contribution in [-0.4, -0.2) is 59.3 Å². The molecule has 1 heterocycles. The Bertz CT molecular complexity index is 255. The molecule has 1 N–H and O–H groups in total. The van der Waals surface area contributed by atoms with Gasteiger partial charge in [-0.3, -0.25) is 9.69 Å². The molecule has 0 aliphatic carbocycles. The van der Waals surface area contributed by atoms with E-state index in [0.29, 0.717) is 6.54 Å². The fourth-order valence-electron chi connectivity index (χ4n) is 1.80. The average Bonchev–Trinajstić information content (AvgIpc) is 2.25. The molecule has 0 spiro atoms. The molecular weight excluding hydrogens is 234 g/mol. The molecule has 1 unspecified atom stereocenters. The zero-order valence-electron chi connectivity index (χ0n) is 11.4. The molecule has 17 heavy (non-hydrogen) atoms. The van der Waals surface area contributed by atoms with Crippen LogP contribution < -0.4 is 5.32 Å². The van der Waals surface area contributed by atoms with Gasteiger partial charge in [-0.25, -0.2) is 0 Å². The Balaban J connectivity index is 2.31. The minimum Gasteiger partial charge on any atom is -0.339 e.